The van der Waals surface area contributed by atoms with Crippen molar-refractivity contribution in [3.63, 3.8) is 0 Å². The van der Waals surface area contributed by atoms with Gasteiger partial charge in [0.1, 0.15) is 4.21 Å². The van der Waals surface area contributed by atoms with Gasteiger partial charge in [-0.3, -0.25) is 0 Å². The van der Waals surface area contributed by atoms with Gasteiger partial charge in [0.2, 0.25) is 10.0 Å². The van der Waals surface area contributed by atoms with Gasteiger partial charge >= 0.3 is 0 Å². The van der Waals surface area contributed by atoms with Gasteiger partial charge in [-0.25, -0.2) is 13.1 Å². The molecule has 0 saturated heterocycles. The summed E-state index contributed by atoms with van der Waals surface area (Å²) >= 11 is 6.31. The van der Waals surface area contributed by atoms with Crippen LogP contribution in [-0.4, -0.2) is 27.0 Å². The van der Waals surface area contributed by atoms with E-state index in [1.54, 1.807) is 17.8 Å². The summed E-state index contributed by atoms with van der Waals surface area (Å²) < 4.78 is 27.8. The van der Waals surface area contributed by atoms with Gasteiger partial charge < -0.3 is 0 Å². The van der Waals surface area contributed by atoms with Crippen LogP contribution in [0.25, 0.3) is 0 Å². The van der Waals surface area contributed by atoms with Crippen molar-refractivity contribution < 1.29 is 8.42 Å². The van der Waals surface area contributed by atoms with Gasteiger partial charge in [0.25, 0.3) is 0 Å². The predicted molar refractivity (Wildman–Crippen MR) is 79.5 cm³/mol. The van der Waals surface area contributed by atoms with Crippen LogP contribution < -0.4 is 4.72 Å². The lowest BCUT2D eigenvalue weighted by Gasteiger charge is -2.10. The Morgan fingerprint density at radius 3 is 2.71 bits per heavy atom. The average molecular weight is 358 g/mol. The molecule has 7 heteroatoms. The van der Waals surface area contributed by atoms with Gasteiger partial charge in [0.15, 0.2) is 0 Å². The Balaban J connectivity index is 2.69. The Labute approximate surface area is 120 Å². The van der Waals surface area contributed by atoms with Crippen LogP contribution >= 0.6 is 39.0 Å². The molecule has 3 nitrogen and oxygen atoms in total. The summed E-state index contributed by atoms with van der Waals surface area (Å²) in [6.45, 7) is 4.41. The Bertz CT molecular complexity index is 450. The molecular formula is C10H16BrNO2S3. The maximum Gasteiger partial charge on any atom is 0.250 e. The standard InChI is InChI=1S/C10H16BrNO2S3/c1-7(6-15-3)5-12-17(13,14)9-4-8(2)10(11)16-9/h4,7,12H,5-6H2,1-3H3. The Morgan fingerprint density at radius 1 is 1.59 bits per heavy atom. The molecule has 0 aliphatic carbocycles. The van der Waals surface area contributed by atoms with Gasteiger partial charge in [-0.1, -0.05) is 6.92 Å². The van der Waals surface area contributed by atoms with Crippen molar-refractivity contribution in [1.82, 2.24) is 4.72 Å². The third-order valence-corrected chi connectivity index (χ3v) is 7.11. The van der Waals surface area contributed by atoms with Gasteiger partial charge in [0.05, 0.1) is 3.79 Å². The number of hydrogen-bond acceptors (Lipinski definition) is 4. The van der Waals surface area contributed by atoms with Crippen LogP contribution in [0, 0.1) is 12.8 Å². The van der Waals surface area contributed by atoms with Gasteiger partial charge in [0, 0.05) is 6.54 Å². The van der Waals surface area contributed by atoms with E-state index in [-0.39, 0.29) is 0 Å². The van der Waals surface area contributed by atoms with E-state index in [0.29, 0.717) is 16.7 Å². The molecule has 1 atom stereocenters. The van der Waals surface area contributed by atoms with E-state index >= 15 is 0 Å². The largest absolute Gasteiger partial charge is 0.250 e. The first-order chi connectivity index (χ1) is 7.86. The highest BCUT2D eigenvalue weighted by Crippen LogP contribution is 2.30. The zero-order valence-electron chi connectivity index (χ0n) is 9.99. The fourth-order valence-corrected chi connectivity index (χ4v) is 5.35. The summed E-state index contributed by atoms with van der Waals surface area (Å²) in [6, 6.07) is 1.69. The normalized spacial score (nSPS) is 13.9. The minimum atomic E-state index is -3.35. The number of thiophene rings is 1. The number of rotatable bonds is 6. The van der Waals surface area contributed by atoms with Crippen LogP contribution in [0.1, 0.15) is 12.5 Å². The van der Waals surface area contributed by atoms with E-state index in [0.717, 1.165) is 15.1 Å². The topological polar surface area (TPSA) is 46.2 Å². The van der Waals surface area contributed by atoms with E-state index in [4.69, 9.17) is 0 Å². The Kier molecular flexibility index (Phi) is 5.98. The summed E-state index contributed by atoms with van der Waals surface area (Å²) in [6.07, 6.45) is 2.02. The number of nitrogens with one attached hydrogen (secondary N) is 1. The number of halogens is 1. The molecule has 1 rings (SSSR count). The minimum Gasteiger partial charge on any atom is -0.210 e. The minimum absolute atomic E-state index is 0.337. The molecule has 0 aliphatic rings. The lowest BCUT2D eigenvalue weighted by atomic mass is 10.2. The zero-order chi connectivity index (χ0) is 13.1. The van der Waals surface area contributed by atoms with Crippen molar-refractivity contribution in [3.8, 4) is 0 Å². The smallest absolute Gasteiger partial charge is 0.210 e. The molecule has 0 fully saturated rings. The molecule has 17 heavy (non-hydrogen) atoms. The molecular weight excluding hydrogens is 342 g/mol. The zero-order valence-corrected chi connectivity index (χ0v) is 14.0. The molecule has 1 unspecified atom stereocenters. The molecule has 0 radical (unpaired) electrons. The number of hydrogen-bond donors (Lipinski definition) is 1. The molecule has 0 amide bonds. The summed E-state index contributed by atoms with van der Waals surface area (Å²) in [5, 5.41) is 0. The summed E-state index contributed by atoms with van der Waals surface area (Å²) in [5.41, 5.74) is 0.951. The Morgan fingerprint density at radius 2 is 2.24 bits per heavy atom. The van der Waals surface area contributed by atoms with Gasteiger partial charge in [-0.05, 0) is 52.4 Å². The summed E-state index contributed by atoms with van der Waals surface area (Å²) in [7, 11) is -3.35. The van der Waals surface area contributed by atoms with Crippen LogP contribution in [0.5, 0.6) is 0 Å². The van der Waals surface area contributed by atoms with E-state index in [9.17, 15) is 8.42 Å². The SMILES string of the molecule is CSCC(C)CNS(=O)(=O)c1cc(C)c(Br)s1. The number of thioether (sulfide) groups is 1. The third-order valence-electron chi connectivity index (χ3n) is 2.17. The number of aryl methyl sites for hydroxylation is 1. The first kappa shape index (κ1) is 15.5. The second-order valence-electron chi connectivity index (χ2n) is 3.93. The van der Waals surface area contributed by atoms with Crippen molar-refractivity contribution in [3.05, 3.63) is 15.4 Å². The van der Waals surface area contributed by atoms with Crippen molar-refractivity contribution in [1.29, 1.82) is 0 Å². The maximum absolute atomic E-state index is 12.0. The van der Waals surface area contributed by atoms with Crippen molar-refractivity contribution in [2.24, 2.45) is 5.92 Å². The molecule has 1 heterocycles. The fraction of sp³-hybridized carbons (Fsp3) is 0.600. The summed E-state index contributed by atoms with van der Waals surface area (Å²) in [4.78, 5) is 0. The number of sulfonamides is 1. The third kappa shape index (κ3) is 4.55. The van der Waals surface area contributed by atoms with Crippen LogP contribution in [-0.2, 0) is 10.0 Å². The van der Waals surface area contributed by atoms with E-state index in [2.05, 4.69) is 20.7 Å². The van der Waals surface area contributed by atoms with Crippen molar-refractivity contribution in [2.75, 3.05) is 18.6 Å². The lowest BCUT2D eigenvalue weighted by molar-refractivity contribution is 0.564. The molecule has 1 aromatic heterocycles. The molecule has 1 aromatic rings. The second-order valence-corrected chi connectivity index (χ2v) is 9.21. The van der Waals surface area contributed by atoms with Crippen molar-refractivity contribution >= 4 is 49.1 Å². The van der Waals surface area contributed by atoms with Crippen LogP contribution in [0.3, 0.4) is 0 Å². The van der Waals surface area contributed by atoms with Crippen LogP contribution in [0.2, 0.25) is 0 Å². The molecule has 1 N–H and O–H groups in total. The first-order valence-electron chi connectivity index (χ1n) is 5.11. The highest BCUT2D eigenvalue weighted by atomic mass is 79.9. The quantitative estimate of drug-likeness (QED) is 0.850. The molecule has 0 aromatic carbocycles. The van der Waals surface area contributed by atoms with Gasteiger partial charge in [-0.2, -0.15) is 11.8 Å². The molecule has 0 bridgehead atoms. The molecule has 0 saturated carbocycles. The van der Waals surface area contributed by atoms with E-state index in [1.165, 1.54) is 11.3 Å². The maximum atomic E-state index is 12.0. The highest BCUT2D eigenvalue weighted by molar-refractivity contribution is 9.11. The first-order valence-corrected chi connectivity index (χ1v) is 9.60. The van der Waals surface area contributed by atoms with Crippen LogP contribution in [0.15, 0.2) is 14.1 Å². The molecule has 98 valence electrons. The van der Waals surface area contributed by atoms with Crippen LogP contribution in [0.4, 0.5) is 0 Å². The fourth-order valence-electron chi connectivity index (χ4n) is 1.23. The molecule has 0 aliphatic heterocycles. The Hall–Kier alpha value is 0.440. The van der Waals surface area contributed by atoms with E-state index < -0.39 is 10.0 Å². The van der Waals surface area contributed by atoms with Crippen molar-refractivity contribution in [2.45, 2.75) is 18.1 Å². The monoisotopic (exact) mass is 357 g/mol. The van der Waals surface area contributed by atoms with Gasteiger partial charge in [-0.15, -0.1) is 11.3 Å². The highest BCUT2D eigenvalue weighted by Gasteiger charge is 2.18. The molecule has 0 spiro atoms. The van der Waals surface area contributed by atoms with E-state index in [1.807, 2.05) is 20.1 Å². The lowest BCUT2D eigenvalue weighted by Crippen LogP contribution is -2.28. The second kappa shape index (κ2) is 6.56. The predicted octanol–water partition coefficient (Wildman–Crippen LogP) is 3.10. The average Bonchev–Trinajstić information content (AvgIpc) is 2.58. The summed E-state index contributed by atoms with van der Waals surface area (Å²) in [5.74, 6) is 1.29.